The second-order valence-corrected chi connectivity index (χ2v) is 4.11. The van der Waals surface area contributed by atoms with Gasteiger partial charge in [-0.3, -0.25) is 9.69 Å². The van der Waals surface area contributed by atoms with Crippen molar-refractivity contribution in [1.82, 2.24) is 10.2 Å². The highest BCUT2D eigenvalue weighted by Gasteiger charge is 2.25. The lowest BCUT2D eigenvalue weighted by molar-refractivity contribution is -0.121. The smallest absolute Gasteiger partial charge is 0.234 e. The van der Waals surface area contributed by atoms with Crippen molar-refractivity contribution in [3.63, 3.8) is 0 Å². The summed E-state index contributed by atoms with van der Waals surface area (Å²) >= 11 is 0. The molecular formula is C10H22N2O. The molecule has 1 rings (SSSR count). The lowest BCUT2D eigenvalue weighted by atomic mass is 9.93. The van der Waals surface area contributed by atoms with Gasteiger partial charge < -0.3 is 5.32 Å². The van der Waals surface area contributed by atoms with Crippen LogP contribution < -0.4 is 5.32 Å². The zero-order valence-electron chi connectivity index (χ0n) is 9.48. The number of nitrogens with zero attached hydrogens (tertiary/aromatic N) is 1. The van der Waals surface area contributed by atoms with Gasteiger partial charge in [0.05, 0.1) is 6.54 Å². The summed E-state index contributed by atoms with van der Waals surface area (Å²) in [6.45, 7) is 10.6. The van der Waals surface area contributed by atoms with E-state index in [0.717, 1.165) is 13.1 Å². The van der Waals surface area contributed by atoms with Crippen molar-refractivity contribution in [1.29, 1.82) is 0 Å². The molecule has 1 fully saturated rings. The summed E-state index contributed by atoms with van der Waals surface area (Å²) in [5.74, 6) is 0.137. The van der Waals surface area contributed by atoms with E-state index in [9.17, 15) is 4.79 Å². The maximum Gasteiger partial charge on any atom is 0.234 e. The van der Waals surface area contributed by atoms with E-state index < -0.39 is 0 Å². The van der Waals surface area contributed by atoms with Gasteiger partial charge in [-0.2, -0.15) is 0 Å². The molecule has 3 nitrogen and oxygen atoms in total. The first-order valence-electron chi connectivity index (χ1n) is 4.95. The molecule has 13 heavy (non-hydrogen) atoms. The van der Waals surface area contributed by atoms with Crippen LogP contribution in [0.2, 0.25) is 0 Å². The number of hydrogen-bond acceptors (Lipinski definition) is 2. The number of likely N-dealkylation sites (N-methyl/N-ethyl adjacent to an activating group) is 1. The van der Waals surface area contributed by atoms with Gasteiger partial charge in [0.25, 0.3) is 0 Å². The van der Waals surface area contributed by atoms with E-state index in [1.807, 2.05) is 20.9 Å². The van der Waals surface area contributed by atoms with Crippen LogP contribution in [0.4, 0.5) is 0 Å². The molecule has 0 aliphatic carbocycles. The van der Waals surface area contributed by atoms with Gasteiger partial charge in [-0.15, -0.1) is 0 Å². The molecule has 0 radical (unpaired) electrons. The SMILES string of the molecule is CC.CN1CC(=O)NCC(C)(C)C1. The Balaban J connectivity index is 0.000000671. The minimum atomic E-state index is 0.137. The Morgan fingerprint density at radius 3 is 2.46 bits per heavy atom. The number of rotatable bonds is 0. The Labute approximate surface area is 81.5 Å². The molecule has 0 unspecified atom stereocenters. The lowest BCUT2D eigenvalue weighted by Crippen LogP contribution is -2.33. The van der Waals surface area contributed by atoms with Crippen molar-refractivity contribution in [2.75, 3.05) is 26.7 Å². The van der Waals surface area contributed by atoms with Crippen LogP contribution in [-0.2, 0) is 4.79 Å². The summed E-state index contributed by atoms with van der Waals surface area (Å²) in [5, 5.41) is 2.88. The third-order valence-electron chi connectivity index (χ3n) is 1.88. The standard InChI is InChI=1S/C8H16N2O.C2H6/c1-8(2)5-9-7(11)4-10(3)6-8;1-2/h4-6H2,1-3H3,(H,9,11);1-2H3. The van der Waals surface area contributed by atoms with Gasteiger partial charge in [-0.1, -0.05) is 27.7 Å². The van der Waals surface area contributed by atoms with Crippen LogP contribution in [0.5, 0.6) is 0 Å². The second-order valence-electron chi connectivity index (χ2n) is 4.11. The van der Waals surface area contributed by atoms with Crippen molar-refractivity contribution >= 4 is 5.91 Å². The van der Waals surface area contributed by atoms with Crippen LogP contribution in [0.25, 0.3) is 0 Å². The van der Waals surface area contributed by atoms with E-state index in [1.165, 1.54) is 0 Å². The van der Waals surface area contributed by atoms with Crippen LogP contribution in [0.3, 0.4) is 0 Å². The van der Waals surface area contributed by atoms with Gasteiger partial charge in [0.1, 0.15) is 0 Å². The van der Waals surface area contributed by atoms with E-state index in [4.69, 9.17) is 0 Å². The zero-order chi connectivity index (χ0) is 10.5. The number of hydrogen-bond donors (Lipinski definition) is 1. The molecule has 1 aliphatic heterocycles. The molecule has 78 valence electrons. The fourth-order valence-electron chi connectivity index (χ4n) is 1.48. The van der Waals surface area contributed by atoms with E-state index >= 15 is 0 Å². The molecule has 3 heteroatoms. The predicted octanol–water partition coefficient (Wildman–Crippen LogP) is 1.10. The van der Waals surface area contributed by atoms with Gasteiger partial charge in [0.2, 0.25) is 5.91 Å². The van der Waals surface area contributed by atoms with Crippen molar-refractivity contribution in [2.45, 2.75) is 27.7 Å². The van der Waals surface area contributed by atoms with Crippen LogP contribution in [0.1, 0.15) is 27.7 Å². The molecule has 0 aromatic carbocycles. The Kier molecular flexibility index (Phi) is 4.99. The highest BCUT2D eigenvalue weighted by molar-refractivity contribution is 5.78. The Morgan fingerprint density at radius 1 is 1.38 bits per heavy atom. The molecule has 0 aromatic heterocycles. The maximum atomic E-state index is 11.0. The molecule has 1 heterocycles. The first-order valence-corrected chi connectivity index (χ1v) is 4.95. The largest absolute Gasteiger partial charge is 0.354 e. The Morgan fingerprint density at radius 2 is 1.92 bits per heavy atom. The number of nitrogens with one attached hydrogen (secondary N) is 1. The summed E-state index contributed by atoms with van der Waals surface area (Å²) in [7, 11) is 1.98. The molecule has 0 atom stereocenters. The summed E-state index contributed by atoms with van der Waals surface area (Å²) in [4.78, 5) is 13.1. The predicted molar refractivity (Wildman–Crippen MR) is 55.6 cm³/mol. The van der Waals surface area contributed by atoms with Crippen LogP contribution >= 0.6 is 0 Å². The Hall–Kier alpha value is -0.570. The summed E-state index contributed by atoms with van der Waals surface area (Å²) in [6, 6.07) is 0. The summed E-state index contributed by atoms with van der Waals surface area (Å²) in [6.07, 6.45) is 0. The molecule has 1 N–H and O–H groups in total. The third kappa shape index (κ3) is 4.88. The topological polar surface area (TPSA) is 32.3 Å². The van der Waals surface area contributed by atoms with Gasteiger partial charge in [0.15, 0.2) is 0 Å². The first kappa shape index (κ1) is 12.4. The molecule has 0 bridgehead atoms. The average Bonchev–Trinajstić information content (AvgIpc) is 2.13. The van der Waals surface area contributed by atoms with E-state index in [1.54, 1.807) is 0 Å². The van der Waals surface area contributed by atoms with E-state index in [-0.39, 0.29) is 11.3 Å². The molecule has 1 saturated heterocycles. The van der Waals surface area contributed by atoms with Crippen LogP contribution in [-0.4, -0.2) is 37.5 Å². The van der Waals surface area contributed by atoms with Crippen molar-refractivity contribution < 1.29 is 4.79 Å². The van der Waals surface area contributed by atoms with Crippen molar-refractivity contribution in [3.05, 3.63) is 0 Å². The lowest BCUT2D eigenvalue weighted by Gasteiger charge is -2.25. The minimum Gasteiger partial charge on any atom is -0.354 e. The Bertz CT molecular complexity index is 166. The fourth-order valence-corrected chi connectivity index (χ4v) is 1.48. The normalized spacial score (nSPS) is 22.4. The average molecular weight is 186 g/mol. The molecular weight excluding hydrogens is 164 g/mol. The highest BCUT2D eigenvalue weighted by Crippen LogP contribution is 2.16. The molecule has 1 aliphatic rings. The highest BCUT2D eigenvalue weighted by atomic mass is 16.2. The zero-order valence-corrected chi connectivity index (χ0v) is 9.48. The maximum absolute atomic E-state index is 11.0. The number of carbonyl (C=O) groups is 1. The van der Waals surface area contributed by atoms with Crippen LogP contribution in [0, 0.1) is 5.41 Å². The number of amides is 1. The number of carbonyl (C=O) groups excluding carboxylic acids is 1. The minimum absolute atomic E-state index is 0.137. The monoisotopic (exact) mass is 186 g/mol. The molecule has 0 aromatic rings. The molecule has 0 saturated carbocycles. The molecule has 1 amide bonds. The molecule has 0 spiro atoms. The van der Waals surface area contributed by atoms with Crippen molar-refractivity contribution in [3.8, 4) is 0 Å². The van der Waals surface area contributed by atoms with Gasteiger partial charge in [-0.05, 0) is 12.5 Å². The third-order valence-corrected chi connectivity index (χ3v) is 1.88. The van der Waals surface area contributed by atoms with Crippen LogP contribution in [0.15, 0.2) is 0 Å². The van der Waals surface area contributed by atoms with Gasteiger partial charge >= 0.3 is 0 Å². The van der Waals surface area contributed by atoms with Crippen molar-refractivity contribution in [2.24, 2.45) is 5.41 Å². The fraction of sp³-hybridized carbons (Fsp3) is 0.900. The quantitative estimate of drug-likeness (QED) is 0.614. The van der Waals surface area contributed by atoms with E-state index in [0.29, 0.717) is 6.54 Å². The van der Waals surface area contributed by atoms with E-state index in [2.05, 4.69) is 24.1 Å². The van der Waals surface area contributed by atoms with Gasteiger partial charge in [0, 0.05) is 13.1 Å². The summed E-state index contributed by atoms with van der Waals surface area (Å²) < 4.78 is 0. The second kappa shape index (κ2) is 5.22. The first-order chi connectivity index (χ1) is 5.99. The summed E-state index contributed by atoms with van der Waals surface area (Å²) in [5.41, 5.74) is 0.209. The van der Waals surface area contributed by atoms with Gasteiger partial charge in [-0.25, -0.2) is 0 Å².